The maximum absolute atomic E-state index is 13.8. The van der Waals surface area contributed by atoms with Gasteiger partial charge in [-0.05, 0) is 18.2 Å². The van der Waals surface area contributed by atoms with Crippen molar-refractivity contribution in [2.75, 3.05) is 57.2 Å². The zero-order valence-corrected chi connectivity index (χ0v) is 15.9. The highest BCUT2D eigenvalue weighted by Crippen LogP contribution is 2.27. The highest BCUT2D eigenvalue weighted by molar-refractivity contribution is 7.99. The Kier molecular flexibility index (Phi) is 7.02. The van der Waals surface area contributed by atoms with Crippen molar-refractivity contribution < 1.29 is 18.7 Å². The van der Waals surface area contributed by atoms with E-state index in [1.54, 1.807) is 23.8 Å². The first kappa shape index (κ1) is 19.6. The van der Waals surface area contributed by atoms with Crippen LogP contribution in [0.25, 0.3) is 5.69 Å². The number of thioether (sulfide) groups is 1. The van der Waals surface area contributed by atoms with Gasteiger partial charge in [0.1, 0.15) is 5.82 Å². The number of carbonyl (C=O) groups is 1. The molecule has 1 aromatic heterocycles. The van der Waals surface area contributed by atoms with Crippen LogP contribution in [-0.2, 0) is 14.3 Å². The number of nitrogens with one attached hydrogen (secondary N) is 1. The predicted octanol–water partition coefficient (Wildman–Crippen LogP) is 1.10. The summed E-state index contributed by atoms with van der Waals surface area (Å²) in [7, 11) is 1.58. The molecule has 8 nitrogen and oxygen atoms in total. The number of amides is 1. The lowest BCUT2D eigenvalue weighted by atomic mass is 10.3. The van der Waals surface area contributed by atoms with E-state index in [-0.39, 0.29) is 17.5 Å². The molecule has 0 spiro atoms. The van der Waals surface area contributed by atoms with Crippen LogP contribution in [0.5, 0.6) is 0 Å². The Hall–Kier alpha value is -2.17. The monoisotopic (exact) mass is 395 g/mol. The molecule has 10 heteroatoms. The largest absolute Gasteiger partial charge is 0.383 e. The molecule has 2 aromatic rings. The van der Waals surface area contributed by atoms with E-state index in [0.29, 0.717) is 56.2 Å². The second kappa shape index (κ2) is 9.67. The fraction of sp³-hybridized carbons (Fsp3) is 0.471. The van der Waals surface area contributed by atoms with Crippen molar-refractivity contribution in [1.29, 1.82) is 0 Å². The molecule has 1 aliphatic rings. The van der Waals surface area contributed by atoms with E-state index in [1.807, 2.05) is 4.90 Å². The van der Waals surface area contributed by atoms with Crippen LogP contribution in [0.4, 0.5) is 10.3 Å². The van der Waals surface area contributed by atoms with E-state index in [1.165, 1.54) is 23.9 Å². The minimum atomic E-state index is -0.345. The van der Waals surface area contributed by atoms with Crippen molar-refractivity contribution in [2.45, 2.75) is 5.16 Å². The van der Waals surface area contributed by atoms with Crippen molar-refractivity contribution >= 4 is 23.6 Å². The third-order valence-corrected chi connectivity index (χ3v) is 4.87. The zero-order valence-electron chi connectivity index (χ0n) is 15.1. The molecule has 1 fully saturated rings. The Bertz CT molecular complexity index is 767. The molecule has 1 saturated heterocycles. The maximum atomic E-state index is 13.8. The molecule has 0 bridgehead atoms. The van der Waals surface area contributed by atoms with Gasteiger partial charge < -0.3 is 19.7 Å². The number of hydrogen-bond acceptors (Lipinski definition) is 7. The molecule has 0 unspecified atom stereocenters. The molecular formula is C17H22FN5O3S. The van der Waals surface area contributed by atoms with Gasteiger partial charge >= 0.3 is 0 Å². The molecule has 27 heavy (non-hydrogen) atoms. The van der Waals surface area contributed by atoms with Gasteiger partial charge in [0.05, 0.1) is 31.3 Å². The lowest BCUT2D eigenvalue weighted by Gasteiger charge is -2.27. The van der Waals surface area contributed by atoms with Crippen molar-refractivity contribution in [1.82, 2.24) is 20.1 Å². The lowest BCUT2D eigenvalue weighted by molar-refractivity contribution is -0.118. The predicted molar refractivity (Wildman–Crippen MR) is 100.0 cm³/mol. The average molecular weight is 395 g/mol. The molecule has 1 N–H and O–H groups in total. The molecule has 3 rings (SSSR count). The highest BCUT2D eigenvalue weighted by Gasteiger charge is 2.22. The van der Waals surface area contributed by atoms with E-state index in [2.05, 4.69) is 15.5 Å². The van der Waals surface area contributed by atoms with Gasteiger partial charge in [0.25, 0.3) is 0 Å². The lowest BCUT2D eigenvalue weighted by Crippen LogP contribution is -2.37. The van der Waals surface area contributed by atoms with Gasteiger partial charge in [-0.15, -0.1) is 10.2 Å². The number of nitrogens with zero attached hydrogens (tertiary/aromatic N) is 4. The quantitative estimate of drug-likeness (QED) is 0.529. The van der Waals surface area contributed by atoms with Crippen LogP contribution in [0.3, 0.4) is 0 Å². The van der Waals surface area contributed by atoms with Crippen LogP contribution in [0, 0.1) is 5.82 Å². The number of ether oxygens (including phenoxy) is 2. The van der Waals surface area contributed by atoms with Crippen LogP contribution in [0.2, 0.25) is 0 Å². The van der Waals surface area contributed by atoms with Gasteiger partial charge in [-0.3, -0.25) is 9.36 Å². The summed E-state index contributed by atoms with van der Waals surface area (Å²) in [4.78, 5) is 14.0. The fourth-order valence-electron chi connectivity index (χ4n) is 2.64. The summed E-state index contributed by atoms with van der Waals surface area (Å²) in [6.45, 7) is 3.45. The summed E-state index contributed by atoms with van der Waals surface area (Å²) >= 11 is 1.25. The third-order valence-electron chi connectivity index (χ3n) is 3.94. The number of aromatic nitrogens is 3. The highest BCUT2D eigenvalue weighted by atomic mass is 32.2. The molecule has 146 valence electrons. The fourth-order valence-corrected chi connectivity index (χ4v) is 3.42. The molecule has 1 aromatic carbocycles. The normalized spacial score (nSPS) is 14.4. The third kappa shape index (κ3) is 5.18. The Morgan fingerprint density at radius 2 is 2.19 bits per heavy atom. The molecule has 0 radical (unpaired) electrons. The van der Waals surface area contributed by atoms with Gasteiger partial charge in [-0.25, -0.2) is 4.39 Å². The summed E-state index contributed by atoms with van der Waals surface area (Å²) in [5.41, 5.74) is 0.615. The van der Waals surface area contributed by atoms with Crippen LogP contribution in [-0.4, -0.2) is 73.0 Å². The van der Waals surface area contributed by atoms with Gasteiger partial charge in [0.2, 0.25) is 11.9 Å². The summed E-state index contributed by atoms with van der Waals surface area (Å²) in [6.07, 6.45) is 0. The second-order valence-electron chi connectivity index (χ2n) is 5.83. The van der Waals surface area contributed by atoms with Crippen LogP contribution >= 0.6 is 11.8 Å². The topological polar surface area (TPSA) is 81.5 Å². The summed E-state index contributed by atoms with van der Waals surface area (Å²) < 4.78 is 25.9. The molecule has 2 heterocycles. The summed E-state index contributed by atoms with van der Waals surface area (Å²) in [5, 5.41) is 11.8. The van der Waals surface area contributed by atoms with Crippen molar-refractivity contribution in [3.8, 4) is 5.69 Å². The smallest absolute Gasteiger partial charge is 0.232 e. The van der Waals surface area contributed by atoms with Crippen molar-refractivity contribution in [2.24, 2.45) is 0 Å². The van der Waals surface area contributed by atoms with E-state index in [4.69, 9.17) is 9.47 Å². The standard InChI is InChI=1S/C17H22FN5O3S/c1-25-8-5-19-15(24)12-27-17-21-20-16(22-6-9-26-10-7-22)23(17)14-4-2-3-13(18)11-14/h2-4,11H,5-10,12H2,1H3,(H,19,24). The molecule has 1 amide bonds. The Morgan fingerprint density at radius 3 is 2.93 bits per heavy atom. The van der Waals surface area contributed by atoms with E-state index in [0.717, 1.165) is 0 Å². The minimum absolute atomic E-state index is 0.126. The van der Waals surface area contributed by atoms with Gasteiger partial charge in [-0.1, -0.05) is 17.8 Å². The van der Waals surface area contributed by atoms with Crippen molar-refractivity contribution in [3.05, 3.63) is 30.1 Å². The Balaban J connectivity index is 1.80. The van der Waals surface area contributed by atoms with E-state index < -0.39 is 0 Å². The van der Waals surface area contributed by atoms with Crippen LogP contribution < -0.4 is 10.2 Å². The van der Waals surface area contributed by atoms with Gasteiger partial charge in [-0.2, -0.15) is 0 Å². The van der Waals surface area contributed by atoms with Crippen LogP contribution in [0.15, 0.2) is 29.4 Å². The molecular weight excluding hydrogens is 373 g/mol. The SMILES string of the molecule is COCCNC(=O)CSc1nnc(N2CCOCC2)n1-c1cccc(F)c1. The first-order chi connectivity index (χ1) is 13.2. The number of morpholine rings is 1. The Labute approximate surface area is 161 Å². The number of carbonyl (C=O) groups excluding carboxylic acids is 1. The average Bonchev–Trinajstić information content (AvgIpc) is 3.11. The number of benzene rings is 1. The Morgan fingerprint density at radius 1 is 1.37 bits per heavy atom. The first-order valence-electron chi connectivity index (χ1n) is 8.61. The summed E-state index contributed by atoms with van der Waals surface area (Å²) in [6, 6.07) is 6.24. The summed E-state index contributed by atoms with van der Waals surface area (Å²) in [5.74, 6) is 0.327. The molecule has 0 aliphatic carbocycles. The molecule has 0 saturated carbocycles. The van der Waals surface area contributed by atoms with E-state index in [9.17, 15) is 9.18 Å². The number of anilines is 1. The zero-order chi connectivity index (χ0) is 19.1. The molecule has 0 atom stereocenters. The van der Waals surface area contributed by atoms with Gasteiger partial charge in [0.15, 0.2) is 5.16 Å². The molecule has 1 aliphatic heterocycles. The number of rotatable bonds is 8. The first-order valence-corrected chi connectivity index (χ1v) is 9.60. The number of halogens is 1. The second-order valence-corrected chi connectivity index (χ2v) is 6.77. The van der Waals surface area contributed by atoms with Gasteiger partial charge in [0, 0.05) is 26.7 Å². The van der Waals surface area contributed by atoms with Crippen LogP contribution in [0.1, 0.15) is 0 Å². The number of methoxy groups -OCH3 is 1. The minimum Gasteiger partial charge on any atom is -0.383 e. The maximum Gasteiger partial charge on any atom is 0.232 e. The number of hydrogen-bond donors (Lipinski definition) is 1. The van der Waals surface area contributed by atoms with E-state index >= 15 is 0 Å². The van der Waals surface area contributed by atoms with Crippen molar-refractivity contribution in [3.63, 3.8) is 0 Å².